The number of hydrogen-bond acceptors (Lipinski definition) is 3. The Labute approximate surface area is 89.3 Å². The summed E-state index contributed by atoms with van der Waals surface area (Å²) in [5.74, 6) is -0.737. The van der Waals surface area contributed by atoms with E-state index in [4.69, 9.17) is 23.2 Å². The maximum atomic E-state index is 12.7. The molecule has 0 saturated carbocycles. The first-order valence-corrected chi connectivity index (χ1v) is 4.20. The van der Waals surface area contributed by atoms with E-state index < -0.39 is 12.0 Å². The van der Waals surface area contributed by atoms with Gasteiger partial charge < -0.3 is 9.47 Å². The Kier molecular flexibility index (Phi) is 3.55. The van der Waals surface area contributed by atoms with Crippen LogP contribution < -0.4 is 4.74 Å². The van der Waals surface area contributed by atoms with E-state index in [1.807, 2.05) is 0 Å². The molecule has 0 fully saturated rings. The molecule has 1 aromatic carbocycles. The highest BCUT2D eigenvalue weighted by molar-refractivity contribution is 6.37. The summed E-state index contributed by atoms with van der Waals surface area (Å²) in [6, 6.07) is 1.96. The molecule has 76 valence electrons. The monoisotopic (exact) mass is 238 g/mol. The molecule has 0 aromatic heterocycles. The van der Waals surface area contributed by atoms with E-state index in [2.05, 4.69) is 9.47 Å². The van der Waals surface area contributed by atoms with Gasteiger partial charge in [0.2, 0.25) is 0 Å². The number of hydrogen-bond donors (Lipinski definition) is 0. The largest absolute Gasteiger partial charge is 0.513 e. The first-order valence-electron chi connectivity index (χ1n) is 3.45. The molecule has 14 heavy (non-hydrogen) atoms. The second kappa shape index (κ2) is 4.48. The highest BCUT2D eigenvalue weighted by atomic mass is 35.5. The summed E-state index contributed by atoms with van der Waals surface area (Å²) in [6.45, 7) is 0. The minimum absolute atomic E-state index is 0.0969. The summed E-state index contributed by atoms with van der Waals surface area (Å²) < 4.78 is 21.5. The van der Waals surface area contributed by atoms with Gasteiger partial charge in [0.25, 0.3) is 0 Å². The Balaban J connectivity index is 3.02. The summed E-state index contributed by atoms with van der Waals surface area (Å²) in [7, 11) is 1.13. The maximum Gasteiger partial charge on any atom is 0.513 e. The molecule has 0 aliphatic rings. The summed E-state index contributed by atoms with van der Waals surface area (Å²) in [5, 5.41) is -0.194. The van der Waals surface area contributed by atoms with Crippen molar-refractivity contribution in [3.8, 4) is 5.75 Å². The molecule has 0 N–H and O–H groups in total. The molecule has 0 bridgehead atoms. The highest BCUT2D eigenvalue weighted by Crippen LogP contribution is 2.33. The quantitative estimate of drug-likeness (QED) is 0.557. The average Bonchev–Trinajstić information content (AvgIpc) is 2.10. The molecule has 0 aliphatic heterocycles. The number of carbonyl (C=O) groups excluding carboxylic acids is 1. The van der Waals surface area contributed by atoms with Gasteiger partial charge in [-0.1, -0.05) is 23.2 Å². The number of rotatable bonds is 1. The molecule has 3 nitrogen and oxygen atoms in total. The lowest BCUT2D eigenvalue weighted by Gasteiger charge is -2.06. The molecular formula is C8H5Cl2FO3. The highest BCUT2D eigenvalue weighted by Gasteiger charge is 2.13. The lowest BCUT2D eigenvalue weighted by atomic mass is 10.3. The fourth-order valence-electron chi connectivity index (χ4n) is 0.751. The van der Waals surface area contributed by atoms with Gasteiger partial charge in [0.1, 0.15) is 5.82 Å². The predicted molar refractivity (Wildman–Crippen MR) is 49.5 cm³/mol. The van der Waals surface area contributed by atoms with Crippen LogP contribution in [0.15, 0.2) is 12.1 Å². The van der Waals surface area contributed by atoms with E-state index in [9.17, 15) is 9.18 Å². The smallest absolute Gasteiger partial charge is 0.437 e. The van der Waals surface area contributed by atoms with E-state index in [0.29, 0.717) is 0 Å². The molecule has 1 rings (SSSR count). The summed E-state index contributed by atoms with van der Waals surface area (Å²) in [4.78, 5) is 10.7. The van der Waals surface area contributed by atoms with E-state index in [0.717, 1.165) is 19.2 Å². The van der Waals surface area contributed by atoms with Gasteiger partial charge in [-0.2, -0.15) is 0 Å². The van der Waals surface area contributed by atoms with Crippen molar-refractivity contribution in [1.82, 2.24) is 0 Å². The van der Waals surface area contributed by atoms with Crippen LogP contribution in [0.5, 0.6) is 5.75 Å². The minimum Gasteiger partial charge on any atom is -0.437 e. The van der Waals surface area contributed by atoms with Crippen LogP contribution in [0.25, 0.3) is 0 Å². The maximum absolute atomic E-state index is 12.7. The summed E-state index contributed by atoms with van der Waals surface area (Å²) in [5.41, 5.74) is 0. The molecule has 6 heteroatoms. The standard InChI is InChI=1S/C8H5Cl2FO3/c1-13-8(12)14-7-5(9)2-4(11)3-6(7)10/h2-3H,1H3. The minimum atomic E-state index is -0.972. The first-order chi connectivity index (χ1) is 6.54. The van der Waals surface area contributed by atoms with Gasteiger partial charge in [0, 0.05) is 0 Å². The molecule has 0 saturated heterocycles. The number of carbonyl (C=O) groups is 1. The zero-order valence-corrected chi connectivity index (χ0v) is 8.53. The van der Waals surface area contributed by atoms with Gasteiger partial charge in [-0.25, -0.2) is 9.18 Å². The number of ether oxygens (including phenoxy) is 2. The second-order valence-corrected chi connectivity index (χ2v) is 3.07. The first kappa shape index (κ1) is 11.1. The molecule has 1 aromatic rings. The number of benzene rings is 1. The van der Waals surface area contributed by atoms with Gasteiger partial charge in [0.15, 0.2) is 5.75 Å². The Morgan fingerprint density at radius 1 is 1.36 bits per heavy atom. The molecule has 0 aliphatic carbocycles. The van der Waals surface area contributed by atoms with E-state index >= 15 is 0 Å². The fourth-order valence-corrected chi connectivity index (χ4v) is 1.29. The number of methoxy groups -OCH3 is 1. The summed E-state index contributed by atoms with van der Waals surface area (Å²) >= 11 is 11.2. The van der Waals surface area contributed by atoms with Crippen molar-refractivity contribution in [2.24, 2.45) is 0 Å². The third-order valence-corrected chi connectivity index (χ3v) is 1.88. The van der Waals surface area contributed by atoms with Crippen LogP contribution in [-0.4, -0.2) is 13.3 Å². The van der Waals surface area contributed by atoms with Crippen molar-refractivity contribution in [1.29, 1.82) is 0 Å². The Morgan fingerprint density at radius 2 is 1.86 bits per heavy atom. The van der Waals surface area contributed by atoms with E-state index in [-0.39, 0.29) is 15.8 Å². The zero-order valence-electron chi connectivity index (χ0n) is 7.01. The van der Waals surface area contributed by atoms with Crippen LogP contribution >= 0.6 is 23.2 Å². The molecular weight excluding hydrogens is 234 g/mol. The third-order valence-electron chi connectivity index (χ3n) is 1.32. The van der Waals surface area contributed by atoms with E-state index in [1.165, 1.54) is 0 Å². The van der Waals surface area contributed by atoms with Crippen molar-refractivity contribution in [2.75, 3.05) is 7.11 Å². The van der Waals surface area contributed by atoms with Crippen molar-refractivity contribution in [3.63, 3.8) is 0 Å². The van der Waals surface area contributed by atoms with Crippen LogP contribution in [0.4, 0.5) is 9.18 Å². The van der Waals surface area contributed by atoms with Crippen molar-refractivity contribution >= 4 is 29.4 Å². The predicted octanol–water partition coefficient (Wildman–Crippen LogP) is 3.28. The van der Waals surface area contributed by atoms with Crippen LogP contribution in [0, 0.1) is 5.82 Å². The molecule has 0 spiro atoms. The Morgan fingerprint density at radius 3 is 2.29 bits per heavy atom. The van der Waals surface area contributed by atoms with Crippen LogP contribution in [-0.2, 0) is 4.74 Å². The topological polar surface area (TPSA) is 35.5 Å². The van der Waals surface area contributed by atoms with E-state index in [1.54, 1.807) is 0 Å². The second-order valence-electron chi connectivity index (χ2n) is 2.25. The normalized spacial score (nSPS) is 9.71. The lowest BCUT2D eigenvalue weighted by molar-refractivity contribution is 0.121. The fraction of sp³-hybridized carbons (Fsp3) is 0.125. The van der Waals surface area contributed by atoms with Crippen molar-refractivity contribution in [2.45, 2.75) is 0 Å². The Bertz CT molecular complexity index is 345. The molecule has 0 amide bonds. The Hall–Kier alpha value is -1.00. The van der Waals surface area contributed by atoms with Gasteiger partial charge >= 0.3 is 6.16 Å². The van der Waals surface area contributed by atoms with Gasteiger partial charge in [-0.05, 0) is 12.1 Å². The number of halogens is 3. The van der Waals surface area contributed by atoms with Gasteiger partial charge in [-0.15, -0.1) is 0 Å². The van der Waals surface area contributed by atoms with Gasteiger partial charge in [0.05, 0.1) is 17.2 Å². The van der Waals surface area contributed by atoms with Crippen LogP contribution in [0.2, 0.25) is 10.0 Å². The van der Waals surface area contributed by atoms with Crippen molar-refractivity contribution in [3.05, 3.63) is 28.0 Å². The van der Waals surface area contributed by atoms with Crippen LogP contribution in [0.3, 0.4) is 0 Å². The van der Waals surface area contributed by atoms with Gasteiger partial charge in [-0.3, -0.25) is 0 Å². The van der Waals surface area contributed by atoms with Crippen LogP contribution in [0.1, 0.15) is 0 Å². The third kappa shape index (κ3) is 2.49. The average molecular weight is 239 g/mol. The molecule has 0 radical (unpaired) electrons. The SMILES string of the molecule is COC(=O)Oc1c(Cl)cc(F)cc1Cl. The molecule has 0 atom stereocenters. The van der Waals surface area contributed by atoms with Crippen molar-refractivity contribution < 1.29 is 18.7 Å². The summed E-state index contributed by atoms with van der Waals surface area (Å²) in [6.07, 6.45) is -0.972. The molecule has 0 unspecified atom stereocenters. The lowest BCUT2D eigenvalue weighted by Crippen LogP contribution is -2.08. The zero-order chi connectivity index (χ0) is 10.7. The molecule has 0 heterocycles.